The van der Waals surface area contributed by atoms with Crippen LogP contribution in [-0.4, -0.2) is 18.1 Å². The van der Waals surface area contributed by atoms with E-state index in [4.69, 9.17) is 0 Å². The van der Waals surface area contributed by atoms with Gasteiger partial charge in [-0.2, -0.15) is 0 Å². The molecule has 0 fully saturated rings. The van der Waals surface area contributed by atoms with Crippen LogP contribution < -0.4 is 10.2 Å². The molecule has 0 radical (unpaired) electrons. The van der Waals surface area contributed by atoms with Gasteiger partial charge >= 0.3 is 0 Å². The van der Waals surface area contributed by atoms with Crippen LogP contribution in [0.2, 0.25) is 0 Å². The summed E-state index contributed by atoms with van der Waals surface area (Å²) in [5.41, 5.74) is 2.38. The third-order valence-corrected chi connectivity index (χ3v) is 3.10. The van der Waals surface area contributed by atoms with Crippen LogP contribution in [0.15, 0.2) is 42.6 Å². The van der Waals surface area contributed by atoms with Gasteiger partial charge in [0.25, 0.3) is 0 Å². The summed E-state index contributed by atoms with van der Waals surface area (Å²) in [5.74, 6) is 0.479. The normalized spacial score (nSPS) is 15.1. The number of hydrogen-bond donors (Lipinski definition) is 1. The Morgan fingerprint density at radius 1 is 1.17 bits per heavy atom. The number of para-hydroxylation sites is 1. The van der Waals surface area contributed by atoms with Gasteiger partial charge in [0.15, 0.2) is 0 Å². The monoisotopic (exact) mass is 243 g/mol. The van der Waals surface area contributed by atoms with E-state index in [1.54, 1.807) is 6.07 Å². The summed E-state index contributed by atoms with van der Waals surface area (Å²) >= 11 is 0. The van der Waals surface area contributed by atoms with E-state index in [-0.39, 0.29) is 5.82 Å². The molecule has 92 valence electrons. The fourth-order valence-corrected chi connectivity index (χ4v) is 2.22. The number of nitrogens with one attached hydrogen (secondary N) is 1. The quantitative estimate of drug-likeness (QED) is 0.834. The maximum absolute atomic E-state index is 12.9. The molecule has 0 amide bonds. The van der Waals surface area contributed by atoms with Gasteiger partial charge in [0.05, 0.1) is 6.20 Å². The Balaban J connectivity index is 2.03. The van der Waals surface area contributed by atoms with Crippen molar-refractivity contribution in [2.75, 3.05) is 18.0 Å². The van der Waals surface area contributed by atoms with E-state index < -0.39 is 0 Å². The maximum atomic E-state index is 12.9. The average Bonchev–Trinajstić information content (AvgIpc) is 2.62. The zero-order valence-corrected chi connectivity index (χ0v) is 9.94. The number of pyridine rings is 1. The maximum Gasteiger partial charge on any atom is 0.141 e. The van der Waals surface area contributed by atoms with Crippen LogP contribution in [0.3, 0.4) is 0 Å². The molecule has 0 saturated carbocycles. The van der Waals surface area contributed by atoms with Gasteiger partial charge < -0.3 is 10.2 Å². The van der Waals surface area contributed by atoms with Crippen molar-refractivity contribution in [1.29, 1.82) is 0 Å². The van der Waals surface area contributed by atoms with E-state index in [0.717, 1.165) is 31.1 Å². The van der Waals surface area contributed by atoms with Crippen molar-refractivity contribution in [1.82, 2.24) is 10.3 Å². The first-order chi connectivity index (χ1) is 8.84. The highest BCUT2D eigenvalue weighted by atomic mass is 19.1. The summed E-state index contributed by atoms with van der Waals surface area (Å²) in [4.78, 5) is 6.29. The molecule has 1 aliphatic heterocycles. The minimum absolute atomic E-state index is 0.306. The number of anilines is 2. The summed E-state index contributed by atoms with van der Waals surface area (Å²) in [7, 11) is 0. The largest absolute Gasteiger partial charge is 0.325 e. The first-order valence-electron chi connectivity index (χ1n) is 6.02. The van der Waals surface area contributed by atoms with E-state index in [1.165, 1.54) is 17.8 Å². The molecule has 3 nitrogen and oxygen atoms in total. The fourth-order valence-electron chi connectivity index (χ4n) is 2.22. The van der Waals surface area contributed by atoms with Crippen molar-refractivity contribution in [3.63, 3.8) is 0 Å². The van der Waals surface area contributed by atoms with Gasteiger partial charge in [-0.1, -0.05) is 18.2 Å². The van der Waals surface area contributed by atoms with Gasteiger partial charge in [0.1, 0.15) is 11.6 Å². The first-order valence-corrected chi connectivity index (χ1v) is 6.02. The number of rotatable bonds is 1. The highest BCUT2D eigenvalue weighted by Gasteiger charge is 2.16. The summed E-state index contributed by atoms with van der Waals surface area (Å²) in [6, 6.07) is 11.4. The van der Waals surface area contributed by atoms with Gasteiger partial charge in [0.2, 0.25) is 0 Å². The molecule has 2 aromatic rings. The molecule has 0 saturated heterocycles. The number of aromatic nitrogens is 1. The molecule has 1 aliphatic rings. The molecule has 0 unspecified atom stereocenters. The summed E-state index contributed by atoms with van der Waals surface area (Å²) < 4.78 is 12.9. The van der Waals surface area contributed by atoms with Gasteiger partial charge in [-0.15, -0.1) is 0 Å². The van der Waals surface area contributed by atoms with Crippen LogP contribution in [0.25, 0.3) is 0 Å². The van der Waals surface area contributed by atoms with Crippen molar-refractivity contribution in [3.05, 3.63) is 54.0 Å². The average molecular weight is 243 g/mol. The minimum atomic E-state index is -0.306. The molecule has 1 N–H and O–H groups in total. The molecular formula is C14H14FN3. The third kappa shape index (κ3) is 2.07. The Labute approximate surface area is 105 Å². The molecule has 18 heavy (non-hydrogen) atoms. The highest BCUT2D eigenvalue weighted by Crippen LogP contribution is 2.28. The van der Waals surface area contributed by atoms with Crippen molar-refractivity contribution in [3.8, 4) is 0 Å². The van der Waals surface area contributed by atoms with Crippen LogP contribution in [-0.2, 0) is 6.54 Å². The molecular weight excluding hydrogens is 229 g/mol. The standard InChI is InChI=1S/C14H14FN3/c15-12-5-6-14(17-10-12)18-8-7-16-9-11-3-1-2-4-13(11)18/h1-6,10,16H,7-9H2. The lowest BCUT2D eigenvalue weighted by Crippen LogP contribution is -2.25. The molecule has 4 heteroatoms. The van der Waals surface area contributed by atoms with Crippen LogP contribution >= 0.6 is 0 Å². The van der Waals surface area contributed by atoms with Crippen molar-refractivity contribution in [2.24, 2.45) is 0 Å². The van der Waals surface area contributed by atoms with Crippen LogP contribution in [0.4, 0.5) is 15.9 Å². The predicted octanol–water partition coefficient (Wildman–Crippen LogP) is 2.46. The molecule has 3 rings (SSSR count). The molecule has 0 aliphatic carbocycles. The van der Waals surface area contributed by atoms with E-state index in [1.807, 2.05) is 12.1 Å². The van der Waals surface area contributed by atoms with Crippen LogP contribution in [0.1, 0.15) is 5.56 Å². The lowest BCUT2D eigenvalue weighted by molar-refractivity contribution is 0.621. The summed E-state index contributed by atoms with van der Waals surface area (Å²) in [6.07, 6.45) is 1.26. The van der Waals surface area contributed by atoms with E-state index in [9.17, 15) is 4.39 Å². The van der Waals surface area contributed by atoms with Crippen molar-refractivity contribution >= 4 is 11.5 Å². The number of nitrogens with zero attached hydrogens (tertiary/aromatic N) is 2. The molecule has 0 atom stereocenters. The van der Waals surface area contributed by atoms with Gasteiger partial charge in [0, 0.05) is 25.3 Å². The first kappa shape index (κ1) is 11.2. The van der Waals surface area contributed by atoms with Gasteiger partial charge in [-0.3, -0.25) is 0 Å². The Morgan fingerprint density at radius 3 is 2.89 bits per heavy atom. The number of fused-ring (bicyclic) bond motifs is 1. The molecule has 2 heterocycles. The summed E-state index contributed by atoms with van der Waals surface area (Å²) in [5, 5.41) is 3.37. The number of hydrogen-bond acceptors (Lipinski definition) is 3. The lowest BCUT2D eigenvalue weighted by atomic mass is 10.1. The predicted molar refractivity (Wildman–Crippen MR) is 69.3 cm³/mol. The Bertz CT molecular complexity index is 539. The molecule has 1 aromatic carbocycles. The molecule has 0 bridgehead atoms. The van der Waals surface area contributed by atoms with E-state index >= 15 is 0 Å². The number of halogens is 1. The SMILES string of the molecule is Fc1ccc(N2CCNCc3ccccc32)nc1. The lowest BCUT2D eigenvalue weighted by Gasteiger charge is -2.23. The van der Waals surface area contributed by atoms with Crippen LogP contribution in [0, 0.1) is 5.82 Å². The zero-order valence-electron chi connectivity index (χ0n) is 9.94. The van der Waals surface area contributed by atoms with Gasteiger partial charge in [-0.25, -0.2) is 9.37 Å². The fraction of sp³-hybridized carbons (Fsp3) is 0.214. The zero-order chi connectivity index (χ0) is 12.4. The summed E-state index contributed by atoms with van der Waals surface area (Å²) in [6.45, 7) is 2.57. The van der Waals surface area contributed by atoms with Crippen LogP contribution in [0.5, 0.6) is 0 Å². The molecule has 0 spiro atoms. The minimum Gasteiger partial charge on any atom is -0.325 e. The van der Waals surface area contributed by atoms with E-state index in [0.29, 0.717) is 0 Å². The second-order valence-electron chi connectivity index (χ2n) is 4.29. The second-order valence-corrected chi connectivity index (χ2v) is 4.29. The van der Waals surface area contributed by atoms with Crippen molar-refractivity contribution in [2.45, 2.75) is 6.54 Å². The number of benzene rings is 1. The Hall–Kier alpha value is -1.94. The topological polar surface area (TPSA) is 28.2 Å². The third-order valence-electron chi connectivity index (χ3n) is 3.10. The Kier molecular flexibility index (Phi) is 2.94. The molecule has 1 aromatic heterocycles. The van der Waals surface area contributed by atoms with E-state index in [2.05, 4.69) is 27.3 Å². The second kappa shape index (κ2) is 4.74. The highest BCUT2D eigenvalue weighted by molar-refractivity contribution is 5.64. The Morgan fingerprint density at radius 2 is 2.06 bits per heavy atom. The van der Waals surface area contributed by atoms with Gasteiger partial charge in [-0.05, 0) is 23.8 Å². The smallest absolute Gasteiger partial charge is 0.141 e. The van der Waals surface area contributed by atoms with Crippen molar-refractivity contribution < 1.29 is 4.39 Å².